The summed E-state index contributed by atoms with van der Waals surface area (Å²) in [6.45, 7) is 2.82. The van der Waals surface area contributed by atoms with Crippen molar-refractivity contribution >= 4 is 23.3 Å². The second-order valence-corrected chi connectivity index (χ2v) is 4.80. The molecule has 0 atom stereocenters. The summed E-state index contributed by atoms with van der Waals surface area (Å²) in [6, 6.07) is 8.15. The van der Waals surface area contributed by atoms with E-state index in [1.165, 1.54) is 11.3 Å². The van der Waals surface area contributed by atoms with Gasteiger partial charge in [0, 0.05) is 18.3 Å². The van der Waals surface area contributed by atoms with Crippen molar-refractivity contribution in [2.75, 3.05) is 0 Å². The molecular formula is C13H14N4S. The number of nitrogens with one attached hydrogen (secondary N) is 1. The first-order valence-corrected chi connectivity index (χ1v) is 6.22. The third-order valence-corrected chi connectivity index (χ3v) is 3.67. The molecular weight excluding hydrogens is 244 g/mol. The minimum Gasteiger partial charge on any atom is -0.331 e. The fourth-order valence-electron chi connectivity index (χ4n) is 2.13. The van der Waals surface area contributed by atoms with Crippen LogP contribution in [0.15, 0.2) is 30.5 Å². The molecule has 0 bridgehead atoms. The lowest BCUT2D eigenvalue weighted by atomic mass is 10.2. The predicted molar refractivity (Wildman–Crippen MR) is 74.2 cm³/mol. The Hall–Kier alpha value is -1.88. The molecule has 0 spiro atoms. The third kappa shape index (κ3) is 1.67. The van der Waals surface area contributed by atoms with Gasteiger partial charge in [0.1, 0.15) is 0 Å². The van der Waals surface area contributed by atoms with E-state index in [1.807, 2.05) is 36.1 Å². The smallest absolute Gasteiger partial charge is 0.178 e. The van der Waals surface area contributed by atoms with E-state index >= 15 is 0 Å². The monoisotopic (exact) mass is 258 g/mol. The van der Waals surface area contributed by atoms with Crippen molar-refractivity contribution in [3.05, 3.63) is 46.5 Å². The first kappa shape index (κ1) is 11.2. The van der Waals surface area contributed by atoms with E-state index < -0.39 is 0 Å². The third-order valence-electron chi connectivity index (χ3n) is 3.35. The maximum atomic E-state index is 5.38. The number of para-hydroxylation sites is 2. The zero-order valence-corrected chi connectivity index (χ0v) is 11.2. The molecule has 18 heavy (non-hydrogen) atoms. The summed E-state index contributed by atoms with van der Waals surface area (Å²) < 4.78 is 4.74. The van der Waals surface area contributed by atoms with Crippen molar-refractivity contribution in [2.45, 2.75) is 13.5 Å². The molecule has 4 nitrogen and oxygen atoms in total. The largest absolute Gasteiger partial charge is 0.331 e. The van der Waals surface area contributed by atoms with Crippen molar-refractivity contribution < 1.29 is 0 Å². The number of hydrogen-bond donors (Lipinski definition) is 1. The SMILES string of the molecule is Cc1c(Cn2c(=S)[nH]c3ccccc32)cnn1C. The van der Waals surface area contributed by atoms with Gasteiger partial charge in [-0.25, -0.2) is 0 Å². The average Bonchev–Trinajstić information content (AvgIpc) is 2.85. The lowest BCUT2D eigenvalue weighted by molar-refractivity contribution is 0.732. The van der Waals surface area contributed by atoms with E-state index in [1.54, 1.807) is 0 Å². The highest BCUT2D eigenvalue weighted by Crippen LogP contribution is 2.16. The zero-order chi connectivity index (χ0) is 12.7. The van der Waals surface area contributed by atoms with Crippen LogP contribution in [0.2, 0.25) is 0 Å². The lowest BCUT2D eigenvalue weighted by Gasteiger charge is -2.04. The van der Waals surface area contributed by atoms with Crippen LogP contribution >= 0.6 is 12.2 Å². The van der Waals surface area contributed by atoms with Crippen LogP contribution in [-0.2, 0) is 13.6 Å². The van der Waals surface area contributed by atoms with Crippen molar-refractivity contribution in [3.8, 4) is 0 Å². The molecule has 1 aromatic carbocycles. The van der Waals surface area contributed by atoms with Crippen LogP contribution in [0.5, 0.6) is 0 Å². The molecule has 0 fully saturated rings. The molecule has 5 heteroatoms. The van der Waals surface area contributed by atoms with E-state index in [0.717, 1.165) is 22.3 Å². The molecule has 2 heterocycles. The minimum absolute atomic E-state index is 0.749. The number of imidazole rings is 1. The number of aromatic nitrogens is 4. The Labute approximate surface area is 110 Å². The Morgan fingerprint density at radius 3 is 2.83 bits per heavy atom. The van der Waals surface area contributed by atoms with Crippen LogP contribution in [0.3, 0.4) is 0 Å². The molecule has 3 aromatic rings. The number of H-pyrrole nitrogens is 1. The fraction of sp³-hybridized carbons (Fsp3) is 0.231. The van der Waals surface area contributed by atoms with E-state index in [0.29, 0.717) is 0 Å². The van der Waals surface area contributed by atoms with Gasteiger partial charge in [0.2, 0.25) is 0 Å². The number of hydrogen-bond acceptors (Lipinski definition) is 2. The first-order valence-electron chi connectivity index (χ1n) is 5.82. The normalized spacial score (nSPS) is 11.2. The van der Waals surface area contributed by atoms with Gasteiger partial charge in [-0.3, -0.25) is 4.68 Å². The molecule has 0 aliphatic carbocycles. The van der Waals surface area contributed by atoms with Gasteiger partial charge in [0.15, 0.2) is 4.77 Å². The second-order valence-electron chi connectivity index (χ2n) is 4.41. The van der Waals surface area contributed by atoms with Crippen LogP contribution < -0.4 is 0 Å². The molecule has 0 amide bonds. The summed E-state index contributed by atoms with van der Waals surface area (Å²) in [5, 5.41) is 4.27. The zero-order valence-electron chi connectivity index (χ0n) is 10.3. The Bertz CT molecular complexity index is 763. The predicted octanol–water partition coefficient (Wildman–Crippen LogP) is 2.79. The molecule has 0 saturated carbocycles. The highest BCUT2D eigenvalue weighted by atomic mass is 32.1. The molecule has 0 aliphatic rings. The van der Waals surface area contributed by atoms with Gasteiger partial charge in [-0.05, 0) is 31.3 Å². The second kappa shape index (κ2) is 4.10. The van der Waals surface area contributed by atoms with Crippen molar-refractivity contribution in [3.63, 3.8) is 0 Å². The molecule has 1 N–H and O–H groups in total. The van der Waals surface area contributed by atoms with Gasteiger partial charge in [0.25, 0.3) is 0 Å². The number of nitrogens with zero attached hydrogens (tertiary/aromatic N) is 3. The molecule has 0 unspecified atom stereocenters. The van der Waals surface area contributed by atoms with E-state index in [-0.39, 0.29) is 0 Å². The number of rotatable bonds is 2. The topological polar surface area (TPSA) is 38.5 Å². The van der Waals surface area contributed by atoms with Crippen LogP contribution in [0.1, 0.15) is 11.3 Å². The van der Waals surface area contributed by atoms with Gasteiger partial charge in [0.05, 0.1) is 23.8 Å². The highest BCUT2D eigenvalue weighted by molar-refractivity contribution is 7.71. The molecule has 3 rings (SSSR count). The number of aryl methyl sites for hydroxylation is 1. The van der Waals surface area contributed by atoms with Crippen LogP contribution in [0.4, 0.5) is 0 Å². The van der Waals surface area contributed by atoms with Gasteiger partial charge in [-0.15, -0.1) is 0 Å². The maximum Gasteiger partial charge on any atom is 0.178 e. The Kier molecular flexibility index (Phi) is 2.56. The van der Waals surface area contributed by atoms with Gasteiger partial charge >= 0.3 is 0 Å². The lowest BCUT2D eigenvalue weighted by Crippen LogP contribution is -2.01. The summed E-state index contributed by atoms with van der Waals surface area (Å²) in [7, 11) is 1.95. The van der Waals surface area contributed by atoms with Crippen LogP contribution in [0, 0.1) is 11.7 Å². The summed E-state index contributed by atoms with van der Waals surface area (Å²) in [5.41, 5.74) is 4.57. The number of aromatic amines is 1. The minimum atomic E-state index is 0.749. The number of fused-ring (bicyclic) bond motifs is 1. The standard InChI is InChI=1S/C13H14N4S/c1-9-10(7-14-16(9)2)8-17-12-6-4-3-5-11(12)15-13(17)18/h3-7H,8H2,1-2H3,(H,15,18). The molecule has 0 saturated heterocycles. The number of benzene rings is 1. The molecule has 0 radical (unpaired) electrons. The van der Waals surface area contributed by atoms with Gasteiger partial charge in [-0.2, -0.15) is 5.10 Å². The van der Waals surface area contributed by atoms with Crippen molar-refractivity contribution in [1.82, 2.24) is 19.3 Å². The summed E-state index contributed by atoms with van der Waals surface area (Å²) in [4.78, 5) is 3.22. The Balaban J connectivity index is 2.13. The van der Waals surface area contributed by atoms with Crippen molar-refractivity contribution in [2.24, 2.45) is 7.05 Å². The van der Waals surface area contributed by atoms with E-state index in [4.69, 9.17) is 12.2 Å². The fourth-order valence-corrected chi connectivity index (χ4v) is 2.41. The molecule has 0 aliphatic heterocycles. The average molecular weight is 258 g/mol. The summed E-state index contributed by atoms with van der Waals surface area (Å²) >= 11 is 5.38. The maximum absolute atomic E-state index is 5.38. The quantitative estimate of drug-likeness (QED) is 0.718. The first-order chi connectivity index (χ1) is 8.66. The Morgan fingerprint density at radius 2 is 2.11 bits per heavy atom. The molecule has 2 aromatic heterocycles. The van der Waals surface area contributed by atoms with Gasteiger partial charge < -0.3 is 9.55 Å². The van der Waals surface area contributed by atoms with E-state index in [2.05, 4.69) is 27.6 Å². The van der Waals surface area contributed by atoms with E-state index in [9.17, 15) is 0 Å². The molecule has 92 valence electrons. The summed E-state index contributed by atoms with van der Waals surface area (Å²) in [6.07, 6.45) is 1.90. The highest BCUT2D eigenvalue weighted by Gasteiger charge is 2.08. The van der Waals surface area contributed by atoms with Crippen LogP contribution in [-0.4, -0.2) is 19.3 Å². The summed E-state index contributed by atoms with van der Waals surface area (Å²) in [5.74, 6) is 0. The van der Waals surface area contributed by atoms with Crippen molar-refractivity contribution in [1.29, 1.82) is 0 Å². The van der Waals surface area contributed by atoms with Gasteiger partial charge in [-0.1, -0.05) is 12.1 Å². The Morgan fingerprint density at radius 1 is 1.33 bits per heavy atom. The van der Waals surface area contributed by atoms with Crippen LogP contribution in [0.25, 0.3) is 11.0 Å².